The van der Waals surface area contributed by atoms with Crippen LogP contribution in [0.5, 0.6) is 0 Å². The molecule has 0 bridgehead atoms. The molecule has 0 aliphatic heterocycles. The molecule has 0 spiro atoms. The Morgan fingerprint density at radius 2 is 1.67 bits per heavy atom. The van der Waals surface area contributed by atoms with Gasteiger partial charge in [-0.1, -0.05) is 92.2 Å². The number of benzene rings is 2. The topological polar surface area (TPSA) is 20.3 Å². The second-order valence-electron chi connectivity index (χ2n) is 7.02. The standard InChI is InChI=1S/C23H29Cl2NO/c1-3-4-5-6-10-13-23(27)26(18(2)20-11-8-7-9-12-20)17-19-14-15-21(24)22(25)16-19/h7-9,11-12,14-16,18H,3-6,10,13,17H2,1-2H3. The average Bonchev–Trinajstić information content (AvgIpc) is 2.68. The van der Waals surface area contributed by atoms with Crippen LogP contribution in [0.15, 0.2) is 48.5 Å². The Balaban J connectivity index is 2.12. The predicted octanol–water partition coefficient (Wildman–Crippen LogP) is 7.44. The first-order valence-electron chi connectivity index (χ1n) is 9.81. The van der Waals surface area contributed by atoms with Gasteiger partial charge in [0.05, 0.1) is 16.1 Å². The second kappa shape index (κ2) is 11.4. The van der Waals surface area contributed by atoms with E-state index in [1.54, 1.807) is 6.07 Å². The molecule has 0 saturated carbocycles. The van der Waals surface area contributed by atoms with Crippen LogP contribution in [-0.2, 0) is 11.3 Å². The van der Waals surface area contributed by atoms with Crippen molar-refractivity contribution in [3.8, 4) is 0 Å². The van der Waals surface area contributed by atoms with Gasteiger partial charge in [0, 0.05) is 13.0 Å². The zero-order chi connectivity index (χ0) is 19.6. The van der Waals surface area contributed by atoms with E-state index in [-0.39, 0.29) is 11.9 Å². The van der Waals surface area contributed by atoms with Crippen LogP contribution < -0.4 is 0 Å². The van der Waals surface area contributed by atoms with E-state index in [0.717, 1.165) is 24.0 Å². The van der Waals surface area contributed by atoms with E-state index in [9.17, 15) is 4.79 Å². The third-order valence-electron chi connectivity index (χ3n) is 4.90. The summed E-state index contributed by atoms with van der Waals surface area (Å²) in [7, 11) is 0. The monoisotopic (exact) mass is 405 g/mol. The van der Waals surface area contributed by atoms with Crippen molar-refractivity contribution in [3.63, 3.8) is 0 Å². The molecule has 0 aliphatic rings. The van der Waals surface area contributed by atoms with Crippen molar-refractivity contribution in [2.24, 2.45) is 0 Å². The van der Waals surface area contributed by atoms with Crippen LogP contribution in [0.2, 0.25) is 10.0 Å². The summed E-state index contributed by atoms with van der Waals surface area (Å²) < 4.78 is 0. The van der Waals surface area contributed by atoms with Gasteiger partial charge in [-0.15, -0.1) is 0 Å². The molecular weight excluding hydrogens is 377 g/mol. The van der Waals surface area contributed by atoms with Crippen molar-refractivity contribution in [1.82, 2.24) is 4.90 Å². The van der Waals surface area contributed by atoms with Crippen molar-refractivity contribution < 1.29 is 4.79 Å². The lowest BCUT2D eigenvalue weighted by atomic mass is 10.0. The summed E-state index contributed by atoms with van der Waals surface area (Å²) in [4.78, 5) is 15.0. The van der Waals surface area contributed by atoms with Crippen molar-refractivity contribution in [2.75, 3.05) is 0 Å². The number of halogens is 2. The molecule has 0 saturated heterocycles. The molecule has 0 aliphatic carbocycles. The molecule has 0 N–H and O–H groups in total. The second-order valence-corrected chi connectivity index (χ2v) is 7.84. The Morgan fingerprint density at radius 1 is 0.963 bits per heavy atom. The fourth-order valence-corrected chi connectivity index (χ4v) is 3.53. The summed E-state index contributed by atoms with van der Waals surface area (Å²) in [6.45, 7) is 4.81. The van der Waals surface area contributed by atoms with Crippen LogP contribution in [0.4, 0.5) is 0 Å². The molecule has 0 heterocycles. The third-order valence-corrected chi connectivity index (χ3v) is 5.64. The number of carbonyl (C=O) groups is 1. The molecule has 0 fully saturated rings. The van der Waals surface area contributed by atoms with Gasteiger partial charge in [0.25, 0.3) is 0 Å². The quantitative estimate of drug-likeness (QED) is 0.375. The molecule has 146 valence electrons. The number of hydrogen-bond donors (Lipinski definition) is 0. The number of amides is 1. The molecule has 2 nitrogen and oxygen atoms in total. The van der Waals surface area contributed by atoms with E-state index in [4.69, 9.17) is 23.2 Å². The highest BCUT2D eigenvalue weighted by atomic mass is 35.5. The Labute approximate surface area is 173 Å². The fraction of sp³-hybridized carbons (Fsp3) is 0.435. The number of carbonyl (C=O) groups excluding carboxylic acids is 1. The van der Waals surface area contributed by atoms with E-state index in [2.05, 4.69) is 26.0 Å². The molecule has 1 amide bonds. The van der Waals surface area contributed by atoms with E-state index in [1.807, 2.05) is 35.2 Å². The molecule has 2 rings (SSSR count). The SMILES string of the molecule is CCCCCCCC(=O)N(Cc1ccc(Cl)c(Cl)c1)C(C)c1ccccc1. The molecule has 1 atom stereocenters. The average molecular weight is 406 g/mol. The smallest absolute Gasteiger partial charge is 0.223 e. The summed E-state index contributed by atoms with van der Waals surface area (Å²) in [5, 5.41) is 1.05. The van der Waals surface area contributed by atoms with Crippen molar-refractivity contribution in [1.29, 1.82) is 0 Å². The first kappa shape index (κ1) is 21.8. The number of nitrogens with zero attached hydrogens (tertiary/aromatic N) is 1. The molecule has 4 heteroatoms. The van der Waals surface area contributed by atoms with Gasteiger partial charge >= 0.3 is 0 Å². The Kier molecular flexibility index (Phi) is 9.17. The van der Waals surface area contributed by atoms with Crippen LogP contribution in [0, 0.1) is 0 Å². The van der Waals surface area contributed by atoms with E-state index < -0.39 is 0 Å². The summed E-state index contributed by atoms with van der Waals surface area (Å²) in [6.07, 6.45) is 6.29. The van der Waals surface area contributed by atoms with Gasteiger partial charge in [-0.2, -0.15) is 0 Å². The van der Waals surface area contributed by atoms with Gasteiger partial charge in [0.1, 0.15) is 0 Å². The maximum atomic E-state index is 13.0. The Bertz CT molecular complexity index is 718. The zero-order valence-electron chi connectivity index (χ0n) is 16.3. The van der Waals surface area contributed by atoms with Crippen molar-refractivity contribution in [2.45, 2.75) is 65.0 Å². The van der Waals surface area contributed by atoms with Gasteiger partial charge in [-0.3, -0.25) is 4.79 Å². The normalized spacial score (nSPS) is 12.0. The molecule has 27 heavy (non-hydrogen) atoms. The van der Waals surface area contributed by atoms with Gasteiger partial charge in [0.15, 0.2) is 0 Å². The highest BCUT2D eigenvalue weighted by Gasteiger charge is 2.21. The van der Waals surface area contributed by atoms with Gasteiger partial charge in [-0.05, 0) is 36.6 Å². The summed E-state index contributed by atoms with van der Waals surface area (Å²) in [5.74, 6) is 0.189. The highest BCUT2D eigenvalue weighted by molar-refractivity contribution is 6.42. The van der Waals surface area contributed by atoms with Crippen LogP contribution in [0.3, 0.4) is 0 Å². The summed E-state index contributed by atoms with van der Waals surface area (Å²) in [6, 6.07) is 15.7. The minimum atomic E-state index is 0.00351. The first-order valence-corrected chi connectivity index (χ1v) is 10.6. The molecular formula is C23H29Cl2NO. The minimum absolute atomic E-state index is 0.00351. The zero-order valence-corrected chi connectivity index (χ0v) is 17.8. The van der Waals surface area contributed by atoms with E-state index in [1.165, 1.54) is 19.3 Å². The van der Waals surface area contributed by atoms with E-state index >= 15 is 0 Å². The van der Waals surface area contributed by atoms with Gasteiger partial charge < -0.3 is 4.90 Å². The molecule has 1 unspecified atom stereocenters. The van der Waals surface area contributed by atoms with Crippen LogP contribution >= 0.6 is 23.2 Å². The van der Waals surface area contributed by atoms with E-state index in [0.29, 0.717) is 23.0 Å². The van der Waals surface area contributed by atoms with Crippen LogP contribution in [0.25, 0.3) is 0 Å². The minimum Gasteiger partial charge on any atom is -0.332 e. The lowest BCUT2D eigenvalue weighted by molar-refractivity contribution is -0.134. The fourth-order valence-electron chi connectivity index (χ4n) is 3.21. The Morgan fingerprint density at radius 3 is 2.33 bits per heavy atom. The summed E-state index contributed by atoms with van der Waals surface area (Å²) in [5.41, 5.74) is 2.13. The number of unbranched alkanes of at least 4 members (excludes halogenated alkanes) is 4. The lowest BCUT2D eigenvalue weighted by Crippen LogP contribution is -2.33. The lowest BCUT2D eigenvalue weighted by Gasteiger charge is -2.30. The van der Waals surface area contributed by atoms with Crippen molar-refractivity contribution >= 4 is 29.1 Å². The van der Waals surface area contributed by atoms with Crippen LogP contribution in [0.1, 0.15) is 69.5 Å². The third kappa shape index (κ3) is 6.86. The van der Waals surface area contributed by atoms with Gasteiger partial charge in [0.2, 0.25) is 5.91 Å². The van der Waals surface area contributed by atoms with Crippen LogP contribution in [-0.4, -0.2) is 10.8 Å². The molecule has 0 radical (unpaired) electrons. The Hall–Kier alpha value is -1.51. The molecule has 2 aromatic carbocycles. The first-order chi connectivity index (χ1) is 13.0. The summed E-state index contributed by atoms with van der Waals surface area (Å²) >= 11 is 12.2. The number of hydrogen-bond acceptors (Lipinski definition) is 1. The van der Waals surface area contributed by atoms with Gasteiger partial charge in [-0.25, -0.2) is 0 Å². The highest BCUT2D eigenvalue weighted by Crippen LogP contribution is 2.27. The van der Waals surface area contributed by atoms with Crippen molar-refractivity contribution in [3.05, 3.63) is 69.7 Å². The predicted molar refractivity (Wildman–Crippen MR) is 115 cm³/mol. The molecule has 2 aromatic rings. The maximum absolute atomic E-state index is 13.0. The molecule has 0 aromatic heterocycles. The maximum Gasteiger partial charge on any atom is 0.223 e. The number of rotatable bonds is 10. The largest absolute Gasteiger partial charge is 0.332 e.